The zero-order chi connectivity index (χ0) is 14.2. The molecular weight excluding hydrogens is 382 g/mol. The highest BCUT2D eigenvalue weighted by Gasteiger charge is 2.18. The molecule has 0 bridgehead atoms. The molecule has 0 aliphatic carbocycles. The minimum absolute atomic E-state index is 0.155. The van der Waals surface area contributed by atoms with Crippen LogP contribution in [0.3, 0.4) is 0 Å². The predicted molar refractivity (Wildman–Crippen MR) is 76.4 cm³/mol. The lowest BCUT2D eigenvalue weighted by Gasteiger charge is -2.08. The summed E-state index contributed by atoms with van der Waals surface area (Å²) in [6, 6.07) is 6.29. The number of carbonyl (C=O) groups excluding carboxylic acids is 1. The third-order valence-electron chi connectivity index (χ3n) is 2.67. The number of benzene rings is 2. The summed E-state index contributed by atoms with van der Waals surface area (Å²) in [5, 5.41) is 0. The summed E-state index contributed by atoms with van der Waals surface area (Å²) >= 11 is 6.60. The van der Waals surface area contributed by atoms with Crippen molar-refractivity contribution in [1.82, 2.24) is 0 Å². The van der Waals surface area contributed by atoms with Gasteiger partial charge in [-0.2, -0.15) is 0 Å². The summed E-state index contributed by atoms with van der Waals surface area (Å²) in [5.74, 6) is -2.07. The molecule has 0 aliphatic rings. The van der Waals surface area contributed by atoms with Crippen LogP contribution in [0.15, 0.2) is 39.3 Å². The first-order chi connectivity index (χ1) is 8.90. The molecule has 0 unspecified atom stereocenters. The molecule has 0 aliphatic heterocycles. The minimum Gasteiger partial charge on any atom is -0.288 e. The standard InChI is InChI=1S/C14H8Br2F2O/c1-7-4-12(16)10(6-11(7)15)14(19)9-3-2-8(17)5-13(9)18/h2-6H,1H3. The van der Waals surface area contributed by atoms with Gasteiger partial charge in [-0.3, -0.25) is 4.79 Å². The van der Waals surface area contributed by atoms with E-state index in [-0.39, 0.29) is 5.56 Å². The fourth-order valence-electron chi connectivity index (χ4n) is 1.64. The van der Waals surface area contributed by atoms with E-state index in [1.54, 1.807) is 12.1 Å². The number of rotatable bonds is 2. The highest BCUT2D eigenvalue weighted by Crippen LogP contribution is 2.28. The van der Waals surface area contributed by atoms with E-state index in [0.29, 0.717) is 16.1 Å². The van der Waals surface area contributed by atoms with Crippen LogP contribution in [0, 0.1) is 18.6 Å². The van der Waals surface area contributed by atoms with Crippen molar-refractivity contribution >= 4 is 37.6 Å². The minimum atomic E-state index is -0.867. The van der Waals surface area contributed by atoms with Gasteiger partial charge in [-0.05, 0) is 36.8 Å². The maximum atomic E-state index is 13.6. The van der Waals surface area contributed by atoms with Gasteiger partial charge in [0.25, 0.3) is 0 Å². The Labute approximate surface area is 125 Å². The van der Waals surface area contributed by atoms with E-state index >= 15 is 0 Å². The van der Waals surface area contributed by atoms with Crippen LogP contribution in [-0.4, -0.2) is 5.78 Å². The zero-order valence-electron chi connectivity index (χ0n) is 9.81. The van der Waals surface area contributed by atoms with Crippen molar-refractivity contribution in [2.24, 2.45) is 0 Å². The molecule has 5 heteroatoms. The Balaban J connectivity index is 2.53. The smallest absolute Gasteiger partial charge is 0.197 e. The first-order valence-corrected chi connectivity index (χ1v) is 6.94. The van der Waals surface area contributed by atoms with Crippen LogP contribution in [0.25, 0.3) is 0 Å². The third kappa shape index (κ3) is 2.92. The first-order valence-electron chi connectivity index (χ1n) is 5.35. The van der Waals surface area contributed by atoms with Crippen molar-refractivity contribution in [2.75, 3.05) is 0 Å². The Morgan fingerprint density at radius 1 is 1.00 bits per heavy atom. The number of hydrogen-bond acceptors (Lipinski definition) is 1. The van der Waals surface area contributed by atoms with Crippen LogP contribution in [-0.2, 0) is 0 Å². The van der Waals surface area contributed by atoms with E-state index in [9.17, 15) is 13.6 Å². The van der Waals surface area contributed by atoms with Gasteiger partial charge in [0.1, 0.15) is 11.6 Å². The summed E-state index contributed by atoms with van der Waals surface area (Å²) in [5.41, 5.74) is 1.11. The van der Waals surface area contributed by atoms with E-state index < -0.39 is 17.4 Å². The van der Waals surface area contributed by atoms with Crippen molar-refractivity contribution in [3.05, 3.63) is 67.6 Å². The van der Waals surface area contributed by atoms with Gasteiger partial charge in [0.05, 0.1) is 5.56 Å². The molecule has 0 fully saturated rings. The van der Waals surface area contributed by atoms with Crippen molar-refractivity contribution in [2.45, 2.75) is 6.92 Å². The number of ketones is 1. The fourth-order valence-corrected chi connectivity index (χ4v) is 2.62. The van der Waals surface area contributed by atoms with E-state index in [4.69, 9.17) is 0 Å². The molecule has 2 rings (SSSR count). The summed E-state index contributed by atoms with van der Waals surface area (Å²) in [4.78, 5) is 12.2. The predicted octanol–water partition coefficient (Wildman–Crippen LogP) is 5.03. The number of aryl methyl sites for hydroxylation is 1. The highest BCUT2D eigenvalue weighted by molar-refractivity contribution is 9.11. The fraction of sp³-hybridized carbons (Fsp3) is 0.0714. The molecule has 0 spiro atoms. The molecule has 0 aromatic heterocycles. The second-order valence-electron chi connectivity index (χ2n) is 4.03. The summed E-state index contributed by atoms with van der Waals surface area (Å²) in [6.45, 7) is 1.88. The lowest BCUT2D eigenvalue weighted by atomic mass is 10.0. The van der Waals surface area contributed by atoms with Gasteiger partial charge in [-0.1, -0.05) is 31.9 Å². The molecule has 0 radical (unpaired) electrons. The van der Waals surface area contributed by atoms with Crippen LogP contribution in [0.1, 0.15) is 21.5 Å². The number of hydrogen-bond donors (Lipinski definition) is 0. The number of carbonyl (C=O) groups is 1. The quantitative estimate of drug-likeness (QED) is 0.658. The Morgan fingerprint density at radius 2 is 1.68 bits per heavy atom. The normalized spacial score (nSPS) is 10.6. The zero-order valence-corrected chi connectivity index (χ0v) is 13.0. The monoisotopic (exact) mass is 388 g/mol. The van der Waals surface area contributed by atoms with Gasteiger partial charge >= 0.3 is 0 Å². The van der Waals surface area contributed by atoms with Crippen molar-refractivity contribution in [3.8, 4) is 0 Å². The van der Waals surface area contributed by atoms with Gasteiger partial charge in [-0.15, -0.1) is 0 Å². The van der Waals surface area contributed by atoms with Gasteiger partial charge in [0, 0.05) is 20.6 Å². The molecule has 0 saturated carbocycles. The molecule has 0 saturated heterocycles. The van der Waals surface area contributed by atoms with Crippen LogP contribution in [0.4, 0.5) is 8.78 Å². The van der Waals surface area contributed by atoms with Crippen molar-refractivity contribution in [3.63, 3.8) is 0 Å². The lowest BCUT2D eigenvalue weighted by Crippen LogP contribution is -2.06. The molecule has 0 amide bonds. The molecule has 0 atom stereocenters. The van der Waals surface area contributed by atoms with Gasteiger partial charge in [0.2, 0.25) is 0 Å². The topological polar surface area (TPSA) is 17.1 Å². The third-order valence-corrected chi connectivity index (χ3v) is 4.18. The Kier molecular flexibility index (Phi) is 4.16. The van der Waals surface area contributed by atoms with E-state index in [2.05, 4.69) is 31.9 Å². The van der Waals surface area contributed by atoms with Crippen LogP contribution >= 0.6 is 31.9 Å². The average Bonchev–Trinajstić information content (AvgIpc) is 2.33. The molecular formula is C14H8Br2F2O. The van der Waals surface area contributed by atoms with E-state index in [0.717, 1.165) is 22.2 Å². The molecule has 98 valence electrons. The largest absolute Gasteiger partial charge is 0.288 e. The second-order valence-corrected chi connectivity index (χ2v) is 5.74. The Morgan fingerprint density at radius 3 is 2.32 bits per heavy atom. The summed E-state index contributed by atoms with van der Waals surface area (Å²) in [7, 11) is 0. The molecule has 0 N–H and O–H groups in total. The summed E-state index contributed by atoms with van der Waals surface area (Å²) in [6.07, 6.45) is 0. The van der Waals surface area contributed by atoms with Crippen molar-refractivity contribution < 1.29 is 13.6 Å². The van der Waals surface area contributed by atoms with Crippen LogP contribution in [0.2, 0.25) is 0 Å². The first kappa shape index (κ1) is 14.3. The lowest BCUT2D eigenvalue weighted by molar-refractivity contribution is 0.103. The van der Waals surface area contributed by atoms with Gasteiger partial charge < -0.3 is 0 Å². The Hall–Kier alpha value is -1.07. The SMILES string of the molecule is Cc1cc(Br)c(C(=O)c2ccc(F)cc2F)cc1Br. The number of halogens is 4. The van der Waals surface area contributed by atoms with Crippen LogP contribution < -0.4 is 0 Å². The maximum absolute atomic E-state index is 13.6. The highest BCUT2D eigenvalue weighted by atomic mass is 79.9. The summed E-state index contributed by atoms with van der Waals surface area (Å²) < 4.78 is 27.8. The molecule has 0 heterocycles. The second kappa shape index (κ2) is 5.51. The molecule has 2 aromatic rings. The molecule has 2 aromatic carbocycles. The van der Waals surface area contributed by atoms with E-state index in [1.807, 2.05) is 6.92 Å². The van der Waals surface area contributed by atoms with Gasteiger partial charge in [0.15, 0.2) is 5.78 Å². The molecule has 19 heavy (non-hydrogen) atoms. The maximum Gasteiger partial charge on any atom is 0.197 e. The average molecular weight is 390 g/mol. The Bertz CT molecular complexity index is 669. The van der Waals surface area contributed by atoms with Gasteiger partial charge in [-0.25, -0.2) is 8.78 Å². The van der Waals surface area contributed by atoms with E-state index in [1.165, 1.54) is 0 Å². The van der Waals surface area contributed by atoms with Crippen LogP contribution in [0.5, 0.6) is 0 Å². The van der Waals surface area contributed by atoms with Crippen molar-refractivity contribution in [1.29, 1.82) is 0 Å². The molecule has 1 nitrogen and oxygen atoms in total.